The van der Waals surface area contributed by atoms with Gasteiger partial charge in [0.25, 0.3) is 0 Å². The van der Waals surface area contributed by atoms with Gasteiger partial charge in [0.1, 0.15) is 17.5 Å². The zero-order valence-electron chi connectivity index (χ0n) is 34.5. The molecular weight excluding hydrogens is 825 g/mol. The zero-order chi connectivity index (χ0) is 44.7. The smallest absolute Gasteiger partial charge is 0.321 e. The van der Waals surface area contributed by atoms with E-state index in [1.807, 2.05) is 19.0 Å². The van der Waals surface area contributed by atoms with Crippen molar-refractivity contribution >= 4 is 76.2 Å². The van der Waals surface area contributed by atoms with Crippen LogP contribution >= 0.6 is 0 Å². The van der Waals surface area contributed by atoms with Gasteiger partial charge in [-0.05, 0) is 70.4 Å². The van der Waals surface area contributed by atoms with Crippen LogP contribution in [0.1, 0.15) is 45.4 Å². The van der Waals surface area contributed by atoms with Crippen molar-refractivity contribution in [2.75, 3.05) is 68.1 Å². The molecular formula is C40H54N4O14S2. The molecule has 60 heavy (non-hydrogen) atoms. The molecule has 4 rings (SSSR count). The second-order valence-electron chi connectivity index (χ2n) is 15.1. The van der Waals surface area contributed by atoms with Gasteiger partial charge in [0.05, 0.1) is 42.3 Å². The third-order valence-corrected chi connectivity index (χ3v) is 14.4. The maximum Gasteiger partial charge on any atom is 0.321 e. The van der Waals surface area contributed by atoms with Gasteiger partial charge in [-0.3, -0.25) is 19.2 Å². The molecule has 4 aromatic carbocycles. The number of benzene rings is 4. The third kappa shape index (κ3) is 10.9. The van der Waals surface area contributed by atoms with Crippen LogP contribution in [0.5, 0.6) is 11.5 Å². The van der Waals surface area contributed by atoms with Crippen molar-refractivity contribution in [3.05, 3.63) is 36.4 Å². The normalized spacial score (nSPS) is 14.0. The molecule has 330 valence electrons. The van der Waals surface area contributed by atoms with E-state index in [0.29, 0.717) is 46.1 Å². The molecule has 3 atom stereocenters. The first-order chi connectivity index (χ1) is 28.1. The van der Waals surface area contributed by atoms with Crippen molar-refractivity contribution in [1.82, 2.24) is 18.8 Å². The van der Waals surface area contributed by atoms with Crippen LogP contribution in [-0.4, -0.2) is 149 Å². The number of nitrogens with one attached hydrogen (secondary N) is 1. The van der Waals surface area contributed by atoms with E-state index in [9.17, 15) is 51.3 Å². The fourth-order valence-electron chi connectivity index (χ4n) is 7.28. The number of rotatable bonds is 26. The van der Waals surface area contributed by atoms with Crippen LogP contribution < -0.4 is 14.8 Å². The van der Waals surface area contributed by atoms with Crippen molar-refractivity contribution in [2.24, 2.45) is 11.8 Å². The average Bonchev–Trinajstić information content (AvgIpc) is 3.17. The molecule has 4 aromatic rings. The predicted molar refractivity (Wildman–Crippen MR) is 223 cm³/mol. The second kappa shape index (κ2) is 20.1. The molecule has 0 saturated heterocycles. The molecule has 0 saturated carbocycles. The number of methoxy groups -OCH3 is 1. The number of nitrogens with zero attached hydrogens (tertiary/aromatic N) is 3. The van der Waals surface area contributed by atoms with E-state index in [0.717, 1.165) is 21.2 Å². The fraction of sp³-hybridized carbons (Fsp3) is 0.500. The Morgan fingerprint density at radius 3 is 1.70 bits per heavy atom. The Labute approximate surface area is 349 Å². The summed E-state index contributed by atoms with van der Waals surface area (Å²) in [4.78, 5) is 47.1. The lowest BCUT2D eigenvalue weighted by Crippen LogP contribution is -2.40. The lowest BCUT2D eigenvalue weighted by Gasteiger charge is -2.25. The molecule has 0 spiro atoms. The van der Waals surface area contributed by atoms with E-state index in [1.54, 1.807) is 37.3 Å². The molecule has 18 nitrogen and oxygen atoms in total. The van der Waals surface area contributed by atoms with E-state index in [1.165, 1.54) is 21.2 Å². The summed E-state index contributed by atoms with van der Waals surface area (Å²) in [5, 5.41) is 42.3. The highest BCUT2D eigenvalue weighted by Gasteiger charge is 2.33. The van der Waals surface area contributed by atoms with Crippen LogP contribution in [-0.2, 0) is 39.2 Å². The van der Waals surface area contributed by atoms with Crippen molar-refractivity contribution in [3.8, 4) is 11.5 Å². The molecule has 0 aliphatic rings. The first kappa shape index (κ1) is 47.8. The summed E-state index contributed by atoms with van der Waals surface area (Å²) >= 11 is 0. The fourth-order valence-corrected chi connectivity index (χ4v) is 10.2. The molecule has 0 heterocycles. The number of hydrogen-bond acceptors (Lipinski definition) is 12. The Kier molecular flexibility index (Phi) is 16.0. The molecule has 0 aromatic heterocycles. The van der Waals surface area contributed by atoms with Gasteiger partial charge in [-0.1, -0.05) is 19.1 Å². The Morgan fingerprint density at radius 1 is 0.683 bits per heavy atom. The van der Waals surface area contributed by atoms with E-state index in [4.69, 9.17) is 14.6 Å². The number of carboxylic acid groups (broad SMARTS) is 4. The Morgan fingerprint density at radius 2 is 1.20 bits per heavy atom. The van der Waals surface area contributed by atoms with Crippen LogP contribution in [0.3, 0.4) is 0 Å². The molecule has 0 bridgehead atoms. The highest BCUT2D eigenvalue weighted by molar-refractivity contribution is 7.90. The van der Waals surface area contributed by atoms with Gasteiger partial charge >= 0.3 is 23.9 Å². The van der Waals surface area contributed by atoms with Crippen molar-refractivity contribution < 1.29 is 65.9 Å². The van der Waals surface area contributed by atoms with Crippen molar-refractivity contribution in [1.29, 1.82) is 0 Å². The minimum Gasteiger partial charge on any atom is -0.496 e. The quantitative estimate of drug-likeness (QED) is 0.0445. The lowest BCUT2D eigenvalue weighted by molar-refractivity contribution is -0.150. The van der Waals surface area contributed by atoms with Gasteiger partial charge in [0.15, 0.2) is 0 Å². The van der Waals surface area contributed by atoms with Gasteiger partial charge in [0, 0.05) is 72.1 Å². The minimum atomic E-state index is -4.47. The number of carbonyl (C=O) groups is 4. The standard InChI is InChI=1S/C40H54N4O14S2/c1-24(29(39(49)50)20-35(45)46)10-7-17-43(4)59(53,54)33-23-34(60(55,56)44(5)18-8-15-41-30(40(51)52)21-36(47)48)28-14-12-26-32(58-19-9-16-42(2)3)22-31(57-6)25-11-13-27(33)38(28)37(25)26/h11-14,22-24,29-30,41H,7-10,15-21H2,1-6H3,(H,45,46)(H,47,48)(H,49,50)(H,51,52). The lowest BCUT2D eigenvalue weighted by atomic mass is 9.87. The van der Waals surface area contributed by atoms with E-state index in [-0.39, 0.29) is 59.5 Å². The Bertz CT molecular complexity index is 2420. The summed E-state index contributed by atoms with van der Waals surface area (Å²) in [6.07, 6.45) is -0.118. The monoisotopic (exact) mass is 878 g/mol. The molecule has 3 unspecified atom stereocenters. The van der Waals surface area contributed by atoms with Gasteiger partial charge < -0.3 is 40.1 Å². The van der Waals surface area contributed by atoms with Gasteiger partial charge in [0.2, 0.25) is 20.0 Å². The Hall–Kier alpha value is -4.86. The largest absolute Gasteiger partial charge is 0.496 e. The molecule has 5 N–H and O–H groups in total. The van der Waals surface area contributed by atoms with Gasteiger partial charge in [-0.25, -0.2) is 25.4 Å². The third-order valence-electron chi connectivity index (χ3n) is 10.6. The summed E-state index contributed by atoms with van der Waals surface area (Å²) < 4.78 is 72.4. The number of sulfonamides is 2. The highest BCUT2D eigenvalue weighted by Crippen LogP contribution is 2.47. The van der Waals surface area contributed by atoms with E-state index >= 15 is 0 Å². The van der Waals surface area contributed by atoms with Crippen molar-refractivity contribution in [3.63, 3.8) is 0 Å². The van der Waals surface area contributed by atoms with Gasteiger partial charge in [-0.15, -0.1) is 0 Å². The maximum atomic E-state index is 14.6. The van der Waals surface area contributed by atoms with Crippen LogP contribution in [0.25, 0.3) is 32.3 Å². The van der Waals surface area contributed by atoms with Gasteiger partial charge in [-0.2, -0.15) is 0 Å². The highest BCUT2D eigenvalue weighted by atomic mass is 32.2. The van der Waals surface area contributed by atoms with Crippen LogP contribution in [0.2, 0.25) is 0 Å². The summed E-state index contributed by atoms with van der Waals surface area (Å²) in [6, 6.07) is 8.09. The molecule has 20 heteroatoms. The Balaban J connectivity index is 1.84. The summed E-state index contributed by atoms with van der Waals surface area (Å²) in [6.45, 7) is 2.42. The van der Waals surface area contributed by atoms with E-state index < -0.39 is 74.6 Å². The maximum absolute atomic E-state index is 14.6. The summed E-state index contributed by atoms with van der Waals surface area (Å²) in [7, 11) is -0.946. The molecule has 0 aliphatic heterocycles. The number of aliphatic carboxylic acids is 4. The summed E-state index contributed by atoms with van der Waals surface area (Å²) in [5.74, 6) is -6.13. The average molecular weight is 879 g/mol. The second-order valence-corrected chi connectivity index (χ2v) is 19.2. The van der Waals surface area contributed by atoms with Crippen molar-refractivity contribution in [2.45, 2.75) is 61.3 Å². The van der Waals surface area contributed by atoms with E-state index in [2.05, 4.69) is 5.32 Å². The topological polar surface area (TPSA) is 258 Å². The number of ether oxygens (including phenoxy) is 2. The molecule has 0 aliphatic carbocycles. The zero-order valence-corrected chi connectivity index (χ0v) is 36.1. The first-order valence-electron chi connectivity index (χ1n) is 19.3. The number of hydrogen-bond donors (Lipinski definition) is 5. The SMILES string of the molecule is COc1cc(OCCCN(C)C)c2ccc3c(S(=O)(=O)N(C)CCCNC(CC(=O)O)C(=O)O)cc(S(=O)(=O)N(C)CCCC(C)C(CC(=O)O)C(=O)O)c4ccc1c2c34. The predicted octanol–water partition coefficient (Wildman–Crippen LogP) is 3.66. The van der Waals surface area contributed by atoms with Crippen LogP contribution in [0.4, 0.5) is 0 Å². The minimum absolute atomic E-state index is 0.0355. The number of carboxylic acids is 4. The van der Waals surface area contributed by atoms with Crippen LogP contribution in [0.15, 0.2) is 46.2 Å². The van der Waals surface area contributed by atoms with Crippen LogP contribution in [0, 0.1) is 11.8 Å². The molecule has 0 radical (unpaired) electrons. The molecule has 0 fully saturated rings. The molecule has 0 amide bonds. The summed E-state index contributed by atoms with van der Waals surface area (Å²) in [5.41, 5.74) is 0. The first-order valence-corrected chi connectivity index (χ1v) is 22.2.